The second-order valence-electron chi connectivity index (χ2n) is 9.93. The summed E-state index contributed by atoms with van der Waals surface area (Å²) in [5.74, 6) is -1.26. The average Bonchev–Trinajstić information content (AvgIpc) is 3.45. The van der Waals surface area contributed by atoms with Gasteiger partial charge in [-0.05, 0) is 68.1 Å². The van der Waals surface area contributed by atoms with Gasteiger partial charge in [0.2, 0.25) is 11.8 Å². The number of carbonyl (C=O) groups excluding carboxylic acids is 2. The molecular formula is C30H34FN3O4S. The van der Waals surface area contributed by atoms with Crippen molar-refractivity contribution >= 4 is 27.5 Å². The molecule has 0 unspecified atom stereocenters. The molecule has 1 aliphatic rings. The van der Waals surface area contributed by atoms with Gasteiger partial charge < -0.3 is 10.2 Å². The van der Waals surface area contributed by atoms with Crippen molar-refractivity contribution in [3.8, 4) is 0 Å². The van der Waals surface area contributed by atoms with Crippen molar-refractivity contribution in [1.29, 1.82) is 0 Å². The molecule has 2 amide bonds. The highest BCUT2D eigenvalue weighted by Gasteiger charge is 2.33. The van der Waals surface area contributed by atoms with Gasteiger partial charge in [-0.2, -0.15) is 0 Å². The summed E-state index contributed by atoms with van der Waals surface area (Å²) in [6, 6.07) is 19.8. The fourth-order valence-electron chi connectivity index (χ4n) is 4.84. The van der Waals surface area contributed by atoms with Crippen LogP contribution < -0.4 is 9.62 Å². The van der Waals surface area contributed by atoms with Gasteiger partial charge in [0.1, 0.15) is 18.4 Å². The fourth-order valence-corrected chi connectivity index (χ4v) is 6.34. The molecule has 39 heavy (non-hydrogen) atoms. The number of sulfonamides is 1. The second-order valence-corrected chi connectivity index (χ2v) is 11.8. The van der Waals surface area contributed by atoms with Crippen molar-refractivity contribution in [2.45, 2.75) is 63.1 Å². The van der Waals surface area contributed by atoms with Crippen LogP contribution >= 0.6 is 0 Å². The van der Waals surface area contributed by atoms with E-state index < -0.39 is 34.3 Å². The van der Waals surface area contributed by atoms with E-state index in [2.05, 4.69) is 5.32 Å². The predicted octanol–water partition coefficient (Wildman–Crippen LogP) is 4.81. The van der Waals surface area contributed by atoms with E-state index in [0.717, 1.165) is 30.0 Å². The zero-order valence-electron chi connectivity index (χ0n) is 22.2. The van der Waals surface area contributed by atoms with Gasteiger partial charge in [-0.15, -0.1) is 0 Å². The van der Waals surface area contributed by atoms with Crippen LogP contribution in [0.25, 0.3) is 0 Å². The van der Waals surface area contributed by atoms with E-state index in [-0.39, 0.29) is 23.4 Å². The Morgan fingerprint density at radius 3 is 2.21 bits per heavy atom. The molecule has 3 aromatic carbocycles. The Morgan fingerprint density at radius 2 is 1.56 bits per heavy atom. The molecule has 206 valence electrons. The van der Waals surface area contributed by atoms with Crippen LogP contribution in [0.1, 0.15) is 43.7 Å². The standard InChI is InChI=1S/C30H34FN3O4S/c1-22-10-6-9-15-28(22)34(39(37,38)27-13-4-3-5-14-27)21-29(35)33(20-24-16-18-25(31)19-17-24)23(2)30(36)32-26-11-7-8-12-26/h3-6,9-10,13-19,23,26H,7-8,11-12,20-21H2,1-2H3,(H,32,36)/t23-/m1/s1. The molecule has 1 aliphatic carbocycles. The Kier molecular flexibility index (Phi) is 9.01. The van der Waals surface area contributed by atoms with Gasteiger partial charge in [0.15, 0.2) is 0 Å². The van der Waals surface area contributed by atoms with Gasteiger partial charge in [-0.3, -0.25) is 13.9 Å². The lowest BCUT2D eigenvalue weighted by molar-refractivity contribution is -0.139. The van der Waals surface area contributed by atoms with Crippen LogP contribution in [0, 0.1) is 12.7 Å². The molecule has 9 heteroatoms. The number of para-hydroxylation sites is 1. The van der Waals surface area contributed by atoms with Crippen molar-refractivity contribution < 1.29 is 22.4 Å². The van der Waals surface area contributed by atoms with Crippen molar-refractivity contribution in [3.05, 3.63) is 95.8 Å². The number of carbonyl (C=O) groups is 2. The third-order valence-electron chi connectivity index (χ3n) is 7.13. The molecule has 0 saturated heterocycles. The van der Waals surface area contributed by atoms with E-state index in [0.29, 0.717) is 16.8 Å². The summed E-state index contributed by atoms with van der Waals surface area (Å²) >= 11 is 0. The smallest absolute Gasteiger partial charge is 0.264 e. The number of nitrogens with zero attached hydrogens (tertiary/aromatic N) is 2. The van der Waals surface area contributed by atoms with Crippen LogP contribution in [0.5, 0.6) is 0 Å². The third kappa shape index (κ3) is 6.84. The van der Waals surface area contributed by atoms with Crippen LogP contribution in [0.2, 0.25) is 0 Å². The first-order valence-corrected chi connectivity index (χ1v) is 14.6. The van der Waals surface area contributed by atoms with Gasteiger partial charge >= 0.3 is 0 Å². The van der Waals surface area contributed by atoms with Gasteiger partial charge in [0, 0.05) is 12.6 Å². The normalized spacial score (nSPS) is 14.5. The van der Waals surface area contributed by atoms with E-state index in [9.17, 15) is 22.4 Å². The molecule has 0 radical (unpaired) electrons. The molecule has 1 saturated carbocycles. The highest BCUT2D eigenvalue weighted by Crippen LogP contribution is 2.27. The van der Waals surface area contributed by atoms with Gasteiger partial charge in [0.05, 0.1) is 10.6 Å². The van der Waals surface area contributed by atoms with E-state index in [1.807, 2.05) is 0 Å². The van der Waals surface area contributed by atoms with Crippen molar-refractivity contribution in [3.63, 3.8) is 0 Å². The van der Waals surface area contributed by atoms with Crippen LogP contribution in [0.15, 0.2) is 83.8 Å². The van der Waals surface area contributed by atoms with Gasteiger partial charge in [0.25, 0.3) is 10.0 Å². The first kappa shape index (κ1) is 28.3. The summed E-state index contributed by atoms with van der Waals surface area (Å²) in [6.07, 6.45) is 3.86. The molecule has 3 aromatic rings. The molecule has 1 atom stereocenters. The molecule has 1 N–H and O–H groups in total. The number of hydrogen-bond donors (Lipinski definition) is 1. The minimum absolute atomic E-state index is 0.0192. The lowest BCUT2D eigenvalue weighted by Crippen LogP contribution is -2.52. The molecule has 4 rings (SSSR count). The minimum atomic E-state index is -4.11. The van der Waals surface area contributed by atoms with Crippen LogP contribution in [0.3, 0.4) is 0 Å². The summed E-state index contributed by atoms with van der Waals surface area (Å²) in [4.78, 5) is 28.6. The van der Waals surface area contributed by atoms with Gasteiger partial charge in [-0.1, -0.05) is 61.4 Å². The van der Waals surface area contributed by atoms with Crippen molar-refractivity contribution in [2.75, 3.05) is 10.8 Å². The molecule has 0 aromatic heterocycles. The van der Waals surface area contributed by atoms with E-state index >= 15 is 0 Å². The molecule has 7 nitrogen and oxygen atoms in total. The Morgan fingerprint density at radius 1 is 0.949 bits per heavy atom. The molecule has 0 spiro atoms. The minimum Gasteiger partial charge on any atom is -0.352 e. The summed E-state index contributed by atoms with van der Waals surface area (Å²) in [5.41, 5.74) is 1.68. The summed E-state index contributed by atoms with van der Waals surface area (Å²) < 4.78 is 42.3. The highest BCUT2D eigenvalue weighted by atomic mass is 32.2. The molecule has 0 bridgehead atoms. The quantitative estimate of drug-likeness (QED) is 0.392. The number of nitrogens with one attached hydrogen (secondary N) is 1. The first-order valence-electron chi connectivity index (χ1n) is 13.1. The summed E-state index contributed by atoms with van der Waals surface area (Å²) in [6.45, 7) is 2.92. The molecule has 0 aliphatic heterocycles. The maximum absolute atomic E-state index is 13.9. The Labute approximate surface area is 229 Å². The second kappa shape index (κ2) is 12.4. The third-order valence-corrected chi connectivity index (χ3v) is 8.90. The lowest BCUT2D eigenvalue weighted by atomic mass is 10.1. The zero-order valence-corrected chi connectivity index (χ0v) is 23.0. The number of rotatable bonds is 10. The number of hydrogen-bond acceptors (Lipinski definition) is 4. The molecular weight excluding hydrogens is 517 g/mol. The zero-order chi connectivity index (χ0) is 28.0. The van der Waals surface area contributed by atoms with Crippen LogP contribution in [0.4, 0.5) is 10.1 Å². The molecule has 1 fully saturated rings. The number of aryl methyl sites for hydroxylation is 1. The van der Waals surface area contributed by atoms with Crippen molar-refractivity contribution in [1.82, 2.24) is 10.2 Å². The summed E-state index contributed by atoms with van der Waals surface area (Å²) in [7, 11) is -4.11. The molecule has 0 heterocycles. The SMILES string of the molecule is Cc1ccccc1N(CC(=O)N(Cc1ccc(F)cc1)[C@H](C)C(=O)NC1CCCC1)S(=O)(=O)c1ccccc1. The highest BCUT2D eigenvalue weighted by molar-refractivity contribution is 7.92. The predicted molar refractivity (Wildman–Crippen MR) is 149 cm³/mol. The van der Waals surface area contributed by atoms with Crippen LogP contribution in [-0.4, -0.2) is 43.8 Å². The first-order chi connectivity index (χ1) is 18.7. The maximum atomic E-state index is 13.9. The average molecular weight is 552 g/mol. The topological polar surface area (TPSA) is 86.8 Å². The fraction of sp³-hybridized carbons (Fsp3) is 0.333. The Hall–Kier alpha value is -3.72. The van der Waals surface area contributed by atoms with E-state index in [1.54, 1.807) is 68.4 Å². The monoisotopic (exact) mass is 551 g/mol. The van der Waals surface area contributed by atoms with Crippen molar-refractivity contribution in [2.24, 2.45) is 0 Å². The Bertz CT molecular complexity index is 1390. The number of amides is 2. The van der Waals surface area contributed by atoms with Crippen LogP contribution in [-0.2, 0) is 26.2 Å². The van der Waals surface area contributed by atoms with E-state index in [1.165, 1.54) is 29.2 Å². The van der Waals surface area contributed by atoms with Gasteiger partial charge in [-0.25, -0.2) is 12.8 Å². The number of anilines is 1. The lowest BCUT2D eigenvalue weighted by Gasteiger charge is -2.33. The maximum Gasteiger partial charge on any atom is 0.264 e. The van der Waals surface area contributed by atoms with E-state index in [4.69, 9.17) is 0 Å². The summed E-state index contributed by atoms with van der Waals surface area (Å²) in [5, 5.41) is 3.03. The Balaban J connectivity index is 1.68. The number of benzene rings is 3. The number of halogens is 1. The largest absolute Gasteiger partial charge is 0.352 e.